The zero-order valence-corrected chi connectivity index (χ0v) is 19.6. The van der Waals surface area contributed by atoms with Crippen LogP contribution in [-0.2, 0) is 6.54 Å². The summed E-state index contributed by atoms with van der Waals surface area (Å²) in [7, 11) is 3.99. The van der Waals surface area contributed by atoms with E-state index in [2.05, 4.69) is 5.32 Å². The number of amides is 2. The molecule has 0 atom stereocenters. The van der Waals surface area contributed by atoms with E-state index in [1.165, 1.54) is 24.2 Å². The molecule has 1 aliphatic rings. The van der Waals surface area contributed by atoms with Crippen LogP contribution in [0, 0.1) is 12.8 Å². The number of anilines is 2. The van der Waals surface area contributed by atoms with E-state index in [9.17, 15) is 9.59 Å². The minimum absolute atomic E-state index is 0.0540. The van der Waals surface area contributed by atoms with Gasteiger partial charge in [0.2, 0.25) is 0 Å². The maximum atomic E-state index is 13.4. The molecule has 1 heterocycles. The number of hydrogen-bond acceptors (Lipinski definition) is 4. The van der Waals surface area contributed by atoms with Crippen molar-refractivity contribution in [2.24, 2.45) is 5.92 Å². The fourth-order valence-electron chi connectivity index (χ4n) is 3.82. The Bertz CT molecular complexity index is 1100. The number of carbonyl (C=O) groups excluding carboxylic acids is 2. The van der Waals surface area contributed by atoms with Gasteiger partial charge in [-0.25, -0.2) is 0 Å². The lowest BCUT2D eigenvalue weighted by Gasteiger charge is -2.26. The first-order valence-electron chi connectivity index (χ1n) is 10.9. The van der Waals surface area contributed by atoms with Crippen LogP contribution in [0.15, 0.2) is 60.0 Å². The topological polar surface area (TPSA) is 52.7 Å². The highest BCUT2D eigenvalue weighted by Crippen LogP contribution is 2.32. The Morgan fingerprint density at radius 1 is 1.06 bits per heavy atom. The average molecular weight is 448 g/mol. The molecule has 1 aliphatic carbocycles. The third-order valence-corrected chi connectivity index (χ3v) is 6.52. The van der Waals surface area contributed by atoms with Crippen molar-refractivity contribution in [2.45, 2.75) is 26.3 Å². The largest absolute Gasteiger partial charge is 0.377 e. The SMILES string of the molecule is Cc1cccc(C(=O)N(Cc2cc(NC(=O)c3cccs3)ccc2N(C)C)CC2CC2)c1. The molecule has 0 saturated heterocycles. The normalized spacial score (nSPS) is 13.0. The molecule has 3 aromatic rings. The molecule has 4 rings (SSSR count). The third-order valence-electron chi connectivity index (χ3n) is 5.65. The molecule has 0 radical (unpaired) electrons. The van der Waals surface area contributed by atoms with Gasteiger partial charge in [-0.1, -0.05) is 23.8 Å². The van der Waals surface area contributed by atoms with Crippen LogP contribution in [0.3, 0.4) is 0 Å². The van der Waals surface area contributed by atoms with E-state index in [-0.39, 0.29) is 11.8 Å². The van der Waals surface area contributed by atoms with Crippen LogP contribution in [-0.4, -0.2) is 37.4 Å². The molecule has 0 unspecified atom stereocenters. The summed E-state index contributed by atoms with van der Waals surface area (Å²) in [5.41, 5.74) is 4.59. The van der Waals surface area contributed by atoms with Gasteiger partial charge in [-0.05, 0) is 73.0 Å². The number of benzene rings is 2. The lowest BCUT2D eigenvalue weighted by molar-refractivity contribution is 0.0735. The minimum Gasteiger partial charge on any atom is -0.377 e. The van der Waals surface area contributed by atoms with Gasteiger partial charge < -0.3 is 15.1 Å². The van der Waals surface area contributed by atoms with Crippen molar-refractivity contribution < 1.29 is 9.59 Å². The highest BCUT2D eigenvalue weighted by atomic mass is 32.1. The predicted octanol–water partition coefficient (Wildman–Crippen LogP) is 5.43. The smallest absolute Gasteiger partial charge is 0.265 e. The second-order valence-electron chi connectivity index (χ2n) is 8.67. The van der Waals surface area contributed by atoms with Crippen molar-refractivity contribution in [3.05, 3.63) is 81.5 Å². The first-order chi connectivity index (χ1) is 15.4. The zero-order chi connectivity index (χ0) is 22.7. The van der Waals surface area contributed by atoms with Crippen molar-refractivity contribution in [1.29, 1.82) is 0 Å². The van der Waals surface area contributed by atoms with Gasteiger partial charge in [0.1, 0.15) is 0 Å². The maximum absolute atomic E-state index is 13.4. The number of hydrogen-bond donors (Lipinski definition) is 1. The lowest BCUT2D eigenvalue weighted by Crippen LogP contribution is -2.33. The molecular formula is C26H29N3O2S. The van der Waals surface area contributed by atoms with Crippen LogP contribution in [0.4, 0.5) is 11.4 Å². The molecule has 1 N–H and O–H groups in total. The summed E-state index contributed by atoms with van der Waals surface area (Å²) < 4.78 is 0. The van der Waals surface area contributed by atoms with E-state index in [1.54, 1.807) is 0 Å². The Hall–Kier alpha value is -3.12. The number of thiophene rings is 1. The van der Waals surface area contributed by atoms with Gasteiger partial charge in [-0.15, -0.1) is 11.3 Å². The van der Waals surface area contributed by atoms with Crippen LogP contribution in [0.5, 0.6) is 0 Å². The molecule has 5 nitrogen and oxygen atoms in total. The lowest BCUT2D eigenvalue weighted by atomic mass is 10.1. The number of rotatable bonds is 8. The van der Waals surface area contributed by atoms with E-state index in [1.807, 2.05) is 90.8 Å². The van der Waals surface area contributed by atoms with Crippen molar-refractivity contribution in [2.75, 3.05) is 30.9 Å². The van der Waals surface area contributed by atoms with Crippen LogP contribution in [0.2, 0.25) is 0 Å². The van der Waals surface area contributed by atoms with Crippen molar-refractivity contribution in [3.63, 3.8) is 0 Å². The molecule has 32 heavy (non-hydrogen) atoms. The Balaban J connectivity index is 1.61. The molecule has 1 fully saturated rings. The molecule has 166 valence electrons. The molecule has 2 aromatic carbocycles. The van der Waals surface area contributed by atoms with Crippen LogP contribution in [0.25, 0.3) is 0 Å². The van der Waals surface area contributed by atoms with Gasteiger partial charge in [0.05, 0.1) is 4.88 Å². The van der Waals surface area contributed by atoms with Crippen LogP contribution < -0.4 is 10.2 Å². The molecule has 1 aromatic heterocycles. The van der Waals surface area contributed by atoms with E-state index in [4.69, 9.17) is 0 Å². The Kier molecular flexibility index (Phi) is 6.61. The predicted molar refractivity (Wildman–Crippen MR) is 132 cm³/mol. The first-order valence-corrected chi connectivity index (χ1v) is 11.8. The van der Waals surface area contributed by atoms with Crippen LogP contribution in [0.1, 0.15) is 44.0 Å². The van der Waals surface area contributed by atoms with Gasteiger partial charge in [-0.3, -0.25) is 9.59 Å². The van der Waals surface area contributed by atoms with Crippen molar-refractivity contribution >= 4 is 34.5 Å². The van der Waals surface area contributed by atoms with Gasteiger partial charge in [0, 0.05) is 44.1 Å². The summed E-state index contributed by atoms with van der Waals surface area (Å²) in [6, 6.07) is 17.4. The van der Waals surface area contributed by atoms with Crippen molar-refractivity contribution in [3.8, 4) is 0 Å². The molecule has 0 aliphatic heterocycles. The third kappa shape index (κ3) is 5.37. The van der Waals surface area contributed by atoms with Gasteiger partial charge >= 0.3 is 0 Å². The van der Waals surface area contributed by atoms with E-state index < -0.39 is 0 Å². The van der Waals surface area contributed by atoms with Crippen molar-refractivity contribution in [1.82, 2.24) is 4.90 Å². The Morgan fingerprint density at radius 3 is 2.53 bits per heavy atom. The van der Waals surface area contributed by atoms with Crippen LogP contribution >= 0.6 is 11.3 Å². The summed E-state index contributed by atoms with van der Waals surface area (Å²) in [5, 5.41) is 4.89. The minimum atomic E-state index is -0.116. The fraction of sp³-hybridized carbons (Fsp3) is 0.308. The molecule has 2 amide bonds. The van der Waals surface area contributed by atoms with Gasteiger partial charge in [-0.2, -0.15) is 0 Å². The number of nitrogens with zero attached hydrogens (tertiary/aromatic N) is 2. The number of aryl methyl sites for hydroxylation is 1. The monoisotopic (exact) mass is 447 g/mol. The standard InChI is InChI=1S/C26H29N3O2S/c1-18-6-4-7-20(14-18)26(31)29(16-19-9-10-19)17-21-15-22(11-12-23(21)28(2)3)27-25(30)24-8-5-13-32-24/h4-8,11-15,19H,9-10,16-17H2,1-3H3,(H,27,30). The summed E-state index contributed by atoms with van der Waals surface area (Å²) in [4.78, 5) is 30.6. The van der Waals surface area contributed by atoms with E-state index >= 15 is 0 Å². The Labute approximate surface area is 193 Å². The number of carbonyl (C=O) groups is 2. The molecule has 1 saturated carbocycles. The molecule has 0 bridgehead atoms. The maximum Gasteiger partial charge on any atom is 0.265 e. The Morgan fingerprint density at radius 2 is 1.88 bits per heavy atom. The summed E-state index contributed by atoms with van der Waals surface area (Å²) >= 11 is 1.42. The average Bonchev–Trinajstić information content (AvgIpc) is 3.41. The van der Waals surface area contributed by atoms with Gasteiger partial charge in [0.15, 0.2) is 0 Å². The molecular weight excluding hydrogens is 418 g/mol. The summed E-state index contributed by atoms with van der Waals surface area (Å²) in [6.45, 7) is 3.26. The summed E-state index contributed by atoms with van der Waals surface area (Å²) in [6.07, 6.45) is 2.35. The first kappa shape index (κ1) is 22.1. The molecule has 0 spiro atoms. The highest BCUT2D eigenvalue weighted by molar-refractivity contribution is 7.12. The second kappa shape index (κ2) is 9.57. The van der Waals surface area contributed by atoms with E-state index in [0.717, 1.165) is 34.6 Å². The number of nitrogens with one attached hydrogen (secondary N) is 1. The highest BCUT2D eigenvalue weighted by Gasteiger charge is 2.28. The fourth-order valence-corrected chi connectivity index (χ4v) is 4.44. The zero-order valence-electron chi connectivity index (χ0n) is 18.8. The second-order valence-corrected chi connectivity index (χ2v) is 9.62. The van der Waals surface area contributed by atoms with E-state index in [0.29, 0.717) is 17.3 Å². The van der Waals surface area contributed by atoms with Gasteiger partial charge in [0.25, 0.3) is 11.8 Å². The molecule has 6 heteroatoms. The summed E-state index contributed by atoms with van der Waals surface area (Å²) in [5.74, 6) is 0.515. The quantitative estimate of drug-likeness (QED) is 0.501.